The highest BCUT2D eigenvalue weighted by atomic mass is 19.1. The number of allylic oxidation sites excluding steroid dienone is 4. The highest BCUT2D eigenvalue weighted by Gasteiger charge is 2.09. The summed E-state index contributed by atoms with van der Waals surface area (Å²) in [7, 11) is 1.69. The normalized spacial score (nSPS) is 19.4. The van der Waals surface area contributed by atoms with Gasteiger partial charge in [-0.1, -0.05) is 6.08 Å². The van der Waals surface area contributed by atoms with Crippen LogP contribution in [0.1, 0.15) is 19.8 Å². The lowest BCUT2D eigenvalue weighted by molar-refractivity contribution is 0.645. The Morgan fingerprint density at radius 2 is 2.36 bits per heavy atom. The third-order valence-corrected chi connectivity index (χ3v) is 1.89. The highest BCUT2D eigenvalue weighted by molar-refractivity contribution is 5.99. The van der Waals surface area contributed by atoms with Crippen molar-refractivity contribution in [1.29, 1.82) is 0 Å². The van der Waals surface area contributed by atoms with Crippen molar-refractivity contribution in [3.8, 4) is 0 Å². The van der Waals surface area contributed by atoms with Crippen LogP contribution in [0.25, 0.3) is 0 Å². The fraction of sp³-hybridized carbons (Fsp3) is 0.444. The summed E-state index contributed by atoms with van der Waals surface area (Å²) in [5, 5.41) is 0. The molecule has 0 aromatic rings. The Hall–Kier alpha value is -0.920. The van der Waals surface area contributed by atoms with E-state index in [2.05, 4.69) is 4.99 Å². The summed E-state index contributed by atoms with van der Waals surface area (Å²) in [6.45, 7) is 1.84. The van der Waals surface area contributed by atoms with Crippen LogP contribution in [0.4, 0.5) is 4.39 Å². The molecule has 0 aromatic heterocycles. The molecule has 0 spiro atoms. The third-order valence-electron chi connectivity index (χ3n) is 1.89. The Morgan fingerprint density at radius 3 is 2.91 bits per heavy atom. The Morgan fingerprint density at radius 1 is 1.64 bits per heavy atom. The maximum atomic E-state index is 13.0. The van der Waals surface area contributed by atoms with Gasteiger partial charge in [0.2, 0.25) is 0 Å². The van der Waals surface area contributed by atoms with E-state index in [-0.39, 0.29) is 5.83 Å². The minimum absolute atomic E-state index is 0.126. The lowest BCUT2D eigenvalue weighted by Crippen LogP contribution is -2.01. The number of aliphatic imine (C=N–C) groups is 1. The van der Waals surface area contributed by atoms with Crippen molar-refractivity contribution in [1.82, 2.24) is 0 Å². The highest BCUT2D eigenvalue weighted by Crippen LogP contribution is 2.20. The van der Waals surface area contributed by atoms with Crippen molar-refractivity contribution in [3.05, 3.63) is 23.6 Å². The Kier molecular flexibility index (Phi) is 2.58. The standard InChI is InChI=1S/C9H12FN/c1-7(11-2)8-5-3-4-6-9(8)10/h4,6H,3,5H2,1-2H3. The summed E-state index contributed by atoms with van der Waals surface area (Å²) in [5.74, 6) is -0.126. The van der Waals surface area contributed by atoms with Crippen molar-refractivity contribution in [2.45, 2.75) is 19.8 Å². The second-order valence-corrected chi connectivity index (χ2v) is 2.58. The van der Waals surface area contributed by atoms with E-state index in [0.29, 0.717) is 0 Å². The van der Waals surface area contributed by atoms with E-state index in [1.54, 1.807) is 7.05 Å². The summed E-state index contributed by atoms with van der Waals surface area (Å²) in [5.41, 5.74) is 1.57. The number of nitrogens with zero attached hydrogens (tertiary/aromatic N) is 1. The fourth-order valence-corrected chi connectivity index (χ4v) is 1.12. The van der Waals surface area contributed by atoms with Crippen molar-refractivity contribution < 1.29 is 4.39 Å². The van der Waals surface area contributed by atoms with Gasteiger partial charge in [0.1, 0.15) is 5.83 Å². The zero-order chi connectivity index (χ0) is 8.27. The Bertz CT molecular complexity index is 236. The first-order valence-corrected chi connectivity index (χ1v) is 3.74. The molecule has 2 heteroatoms. The van der Waals surface area contributed by atoms with Crippen molar-refractivity contribution in [2.75, 3.05) is 7.05 Å². The van der Waals surface area contributed by atoms with Gasteiger partial charge in [-0.3, -0.25) is 4.99 Å². The quantitative estimate of drug-likeness (QED) is 0.513. The van der Waals surface area contributed by atoms with Crippen LogP contribution in [0.15, 0.2) is 28.5 Å². The van der Waals surface area contributed by atoms with Gasteiger partial charge in [0.05, 0.1) is 0 Å². The first-order valence-electron chi connectivity index (χ1n) is 3.74. The molecule has 0 amide bonds. The van der Waals surface area contributed by atoms with Crippen molar-refractivity contribution >= 4 is 5.71 Å². The predicted octanol–water partition coefficient (Wildman–Crippen LogP) is 2.65. The summed E-state index contributed by atoms with van der Waals surface area (Å²) >= 11 is 0. The zero-order valence-corrected chi connectivity index (χ0v) is 6.89. The maximum Gasteiger partial charge on any atom is 0.127 e. The Balaban J connectivity index is 2.92. The summed E-state index contributed by atoms with van der Waals surface area (Å²) in [6.07, 6.45) is 5.08. The van der Waals surface area contributed by atoms with E-state index in [1.165, 1.54) is 6.08 Å². The van der Waals surface area contributed by atoms with Crippen molar-refractivity contribution in [3.63, 3.8) is 0 Å². The fourth-order valence-electron chi connectivity index (χ4n) is 1.12. The van der Waals surface area contributed by atoms with Crippen LogP contribution >= 0.6 is 0 Å². The van der Waals surface area contributed by atoms with Crippen molar-refractivity contribution in [2.24, 2.45) is 4.99 Å². The molecule has 0 saturated heterocycles. The number of rotatable bonds is 1. The molecule has 0 aliphatic heterocycles. The van der Waals surface area contributed by atoms with E-state index >= 15 is 0 Å². The van der Waals surface area contributed by atoms with E-state index in [1.807, 2.05) is 13.0 Å². The minimum atomic E-state index is -0.126. The summed E-state index contributed by atoms with van der Waals surface area (Å²) in [6, 6.07) is 0. The van der Waals surface area contributed by atoms with E-state index in [9.17, 15) is 4.39 Å². The number of hydrogen-bond acceptors (Lipinski definition) is 1. The molecule has 1 rings (SSSR count). The topological polar surface area (TPSA) is 12.4 Å². The minimum Gasteiger partial charge on any atom is -0.293 e. The van der Waals surface area contributed by atoms with Crippen LogP contribution in [-0.2, 0) is 0 Å². The smallest absolute Gasteiger partial charge is 0.127 e. The van der Waals surface area contributed by atoms with Crippen LogP contribution < -0.4 is 0 Å². The first-order chi connectivity index (χ1) is 5.25. The van der Waals surface area contributed by atoms with Crippen LogP contribution in [0.2, 0.25) is 0 Å². The summed E-state index contributed by atoms with van der Waals surface area (Å²) < 4.78 is 13.0. The van der Waals surface area contributed by atoms with E-state index in [4.69, 9.17) is 0 Å². The molecule has 0 bridgehead atoms. The van der Waals surface area contributed by atoms with Crippen LogP contribution in [-0.4, -0.2) is 12.8 Å². The number of halogens is 1. The monoisotopic (exact) mass is 153 g/mol. The van der Waals surface area contributed by atoms with Crippen LogP contribution in [0.3, 0.4) is 0 Å². The van der Waals surface area contributed by atoms with E-state index < -0.39 is 0 Å². The first kappa shape index (κ1) is 8.18. The maximum absolute atomic E-state index is 13.0. The van der Waals surface area contributed by atoms with Gasteiger partial charge >= 0.3 is 0 Å². The van der Waals surface area contributed by atoms with Gasteiger partial charge in [-0.15, -0.1) is 0 Å². The Labute approximate surface area is 66.3 Å². The van der Waals surface area contributed by atoms with Gasteiger partial charge in [0.15, 0.2) is 0 Å². The molecule has 1 nitrogen and oxygen atoms in total. The van der Waals surface area contributed by atoms with Gasteiger partial charge in [-0.05, 0) is 25.8 Å². The molecule has 1 aliphatic carbocycles. The molecule has 11 heavy (non-hydrogen) atoms. The lowest BCUT2D eigenvalue weighted by Gasteiger charge is -2.09. The average molecular weight is 153 g/mol. The van der Waals surface area contributed by atoms with Gasteiger partial charge in [-0.2, -0.15) is 0 Å². The van der Waals surface area contributed by atoms with Gasteiger partial charge in [-0.25, -0.2) is 4.39 Å². The molecule has 0 aromatic carbocycles. The van der Waals surface area contributed by atoms with Gasteiger partial charge < -0.3 is 0 Å². The molecule has 0 unspecified atom stereocenters. The van der Waals surface area contributed by atoms with Gasteiger partial charge in [0.25, 0.3) is 0 Å². The molecule has 0 heterocycles. The SMILES string of the molecule is CN=C(C)C1=C(F)C=CCC1. The average Bonchev–Trinajstić information content (AvgIpc) is 2.04. The molecule has 0 saturated carbocycles. The lowest BCUT2D eigenvalue weighted by atomic mass is 10.0. The largest absolute Gasteiger partial charge is 0.293 e. The molecule has 1 aliphatic rings. The van der Waals surface area contributed by atoms with Crippen LogP contribution in [0.5, 0.6) is 0 Å². The number of hydrogen-bond donors (Lipinski definition) is 0. The second-order valence-electron chi connectivity index (χ2n) is 2.58. The molecule has 0 N–H and O–H groups in total. The second kappa shape index (κ2) is 3.46. The molecule has 60 valence electrons. The zero-order valence-electron chi connectivity index (χ0n) is 6.89. The molecule has 0 atom stereocenters. The third kappa shape index (κ3) is 1.76. The molecular weight excluding hydrogens is 141 g/mol. The summed E-state index contributed by atoms with van der Waals surface area (Å²) in [4.78, 5) is 3.95. The van der Waals surface area contributed by atoms with Gasteiger partial charge in [0, 0.05) is 18.3 Å². The molecular formula is C9H12FN. The molecule has 0 radical (unpaired) electrons. The van der Waals surface area contributed by atoms with Crippen LogP contribution in [0, 0.1) is 0 Å². The predicted molar refractivity (Wildman–Crippen MR) is 45.5 cm³/mol. The molecule has 0 fully saturated rings. The van der Waals surface area contributed by atoms with E-state index in [0.717, 1.165) is 24.1 Å².